The average molecular weight is 386 g/mol. The molecule has 1 aliphatic carbocycles. The Kier molecular flexibility index (Phi) is 7.06. The fraction of sp³-hybridized carbons (Fsp3) is 0.591. The molecule has 0 aromatic heterocycles. The number of hydrogen-bond donors (Lipinski definition) is 2. The number of amides is 3. The Labute approximate surface area is 167 Å². The monoisotopic (exact) mass is 385 g/mol. The van der Waals surface area contributed by atoms with Crippen LogP contribution in [0.25, 0.3) is 0 Å². The van der Waals surface area contributed by atoms with Crippen molar-refractivity contribution in [2.24, 2.45) is 0 Å². The van der Waals surface area contributed by atoms with Crippen LogP contribution in [-0.4, -0.2) is 47.3 Å². The van der Waals surface area contributed by atoms with Gasteiger partial charge in [-0.15, -0.1) is 0 Å². The van der Waals surface area contributed by atoms with Crippen LogP contribution in [0.4, 0.5) is 0 Å². The van der Waals surface area contributed by atoms with Crippen LogP contribution < -0.4 is 10.6 Å². The number of benzene rings is 1. The molecule has 3 rings (SSSR count). The van der Waals surface area contributed by atoms with Crippen molar-refractivity contribution in [1.82, 2.24) is 15.5 Å². The highest BCUT2D eigenvalue weighted by Gasteiger charge is 2.35. The molecule has 152 valence electrons. The van der Waals surface area contributed by atoms with Crippen LogP contribution in [-0.2, 0) is 20.8 Å². The molecule has 1 aromatic carbocycles. The van der Waals surface area contributed by atoms with Crippen LogP contribution in [0.3, 0.4) is 0 Å². The van der Waals surface area contributed by atoms with Crippen molar-refractivity contribution in [3.8, 4) is 0 Å². The average Bonchev–Trinajstić information content (AvgIpc) is 3.18. The van der Waals surface area contributed by atoms with E-state index in [4.69, 9.17) is 0 Å². The smallest absolute Gasteiger partial charge is 0.243 e. The number of rotatable bonds is 6. The zero-order chi connectivity index (χ0) is 19.9. The Morgan fingerprint density at radius 2 is 1.61 bits per heavy atom. The second-order valence-electron chi connectivity index (χ2n) is 7.99. The number of likely N-dealkylation sites (tertiary alicyclic amines) is 1. The summed E-state index contributed by atoms with van der Waals surface area (Å²) in [6, 6.07) is 10.00. The summed E-state index contributed by atoms with van der Waals surface area (Å²) in [6.45, 7) is 2.21. The van der Waals surface area contributed by atoms with Gasteiger partial charge < -0.3 is 15.5 Å². The van der Waals surface area contributed by atoms with E-state index in [2.05, 4.69) is 10.6 Å². The van der Waals surface area contributed by atoms with E-state index >= 15 is 0 Å². The molecule has 1 saturated carbocycles. The Bertz CT molecular complexity index is 684. The summed E-state index contributed by atoms with van der Waals surface area (Å²) >= 11 is 0. The maximum Gasteiger partial charge on any atom is 0.243 e. The van der Waals surface area contributed by atoms with E-state index in [0.29, 0.717) is 19.4 Å². The highest BCUT2D eigenvalue weighted by atomic mass is 16.2. The predicted octanol–water partition coefficient (Wildman–Crippen LogP) is 2.17. The van der Waals surface area contributed by atoms with Crippen molar-refractivity contribution >= 4 is 17.7 Å². The Balaban J connectivity index is 1.46. The number of nitrogens with zero attached hydrogens (tertiary/aromatic N) is 1. The van der Waals surface area contributed by atoms with Gasteiger partial charge in [0.05, 0.1) is 0 Å². The lowest BCUT2D eigenvalue weighted by Crippen LogP contribution is -2.50. The van der Waals surface area contributed by atoms with Gasteiger partial charge in [-0.2, -0.15) is 0 Å². The molecule has 2 fully saturated rings. The third-order valence-electron chi connectivity index (χ3n) is 5.83. The first-order valence-electron chi connectivity index (χ1n) is 10.4. The molecule has 6 nitrogen and oxygen atoms in total. The minimum Gasteiger partial charge on any atom is -0.354 e. The van der Waals surface area contributed by atoms with Gasteiger partial charge in [0.1, 0.15) is 6.04 Å². The van der Waals surface area contributed by atoms with Crippen LogP contribution in [0.5, 0.6) is 0 Å². The Morgan fingerprint density at radius 1 is 0.964 bits per heavy atom. The molecule has 1 aliphatic heterocycles. The largest absolute Gasteiger partial charge is 0.354 e. The molecule has 2 N–H and O–H groups in total. The normalized spacial score (nSPS) is 24.6. The lowest BCUT2D eigenvalue weighted by Gasteiger charge is -2.31. The minimum absolute atomic E-state index is 0.00287. The van der Waals surface area contributed by atoms with Gasteiger partial charge in [-0.3, -0.25) is 14.4 Å². The van der Waals surface area contributed by atoms with Crippen molar-refractivity contribution < 1.29 is 14.4 Å². The molecule has 0 spiro atoms. The first kappa shape index (κ1) is 20.4. The Morgan fingerprint density at radius 3 is 2.25 bits per heavy atom. The summed E-state index contributed by atoms with van der Waals surface area (Å²) in [5.41, 5.74) is 1.15. The molecule has 6 heteroatoms. The fourth-order valence-electron chi connectivity index (χ4n) is 4.34. The van der Waals surface area contributed by atoms with Crippen molar-refractivity contribution in [3.63, 3.8) is 0 Å². The van der Waals surface area contributed by atoms with Crippen molar-refractivity contribution in [2.75, 3.05) is 6.54 Å². The molecule has 0 unspecified atom stereocenters. The predicted molar refractivity (Wildman–Crippen MR) is 108 cm³/mol. The SMILES string of the molecule is CC(=O)NC1CCC(NC(=O)[C@H]2CCCN2C(=O)CCc2ccccc2)CC1. The maximum absolute atomic E-state index is 12.8. The summed E-state index contributed by atoms with van der Waals surface area (Å²) in [5, 5.41) is 6.10. The van der Waals surface area contributed by atoms with E-state index < -0.39 is 0 Å². The van der Waals surface area contributed by atoms with Crippen LogP contribution in [0, 0.1) is 0 Å². The molecule has 0 bridgehead atoms. The summed E-state index contributed by atoms with van der Waals surface area (Å²) in [6.07, 6.45) is 6.27. The number of aryl methyl sites for hydroxylation is 1. The van der Waals surface area contributed by atoms with Crippen molar-refractivity contribution in [3.05, 3.63) is 35.9 Å². The number of carbonyl (C=O) groups excluding carboxylic acids is 3. The van der Waals surface area contributed by atoms with Crippen molar-refractivity contribution in [2.45, 2.75) is 76.4 Å². The molecular weight excluding hydrogens is 354 g/mol. The Hall–Kier alpha value is -2.37. The molecule has 28 heavy (non-hydrogen) atoms. The quantitative estimate of drug-likeness (QED) is 0.788. The van der Waals surface area contributed by atoms with Gasteiger partial charge in [0.15, 0.2) is 0 Å². The maximum atomic E-state index is 12.8. The van der Waals surface area contributed by atoms with E-state index in [9.17, 15) is 14.4 Å². The van der Waals surface area contributed by atoms with Crippen LogP contribution in [0.1, 0.15) is 57.4 Å². The number of nitrogens with one attached hydrogen (secondary N) is 2. The van der Waals surface area contributed by atoms with Crippen LogP contribution >= 0.6 is 0 Å². The topological polar surface area (TPSA) is 78.5 Å². The summed E-state index contributed by atoms with van der Waals surface area (Å²) < 4.78 is 0. The number of hydrogen-bond acceptors (Lipinski definition) is 3. The summed E-state index contributed by atoms with van der Waals surface area (Å²) in [4.78, 5) is 38.4. The van der Waals surface area contributed by atoms with E-state index in [0.717, 1.165) is 44.1 Å². The van der Waals surface area contributed by atoms with Gasteiger partial charge in [-0.05, 0) is 50.5 Å². The van der Waals surface area contributed by atoms with Gasteiger partial charge >= 0.3 is 0 Å². The first-order valence-corrected chi connectivity index (χ1v) is 10.4. The second-order valence-corrected chi connectivity index (χ2v) is 7.99. The van der Waals surface area contributed by atoms with E-state index in [1.54, 1.807) is 4.90 Å². The molecule has 0 radical (unpaired) electrons. The minimum atomic E-state index is -0.337. The standard InChI is InChI=1S/C22H31N3O3/c1-16(26)23-18-10-12-19(13-11-18)24-22(28)20-8-5-15-25(20)21(27)14-9-17-6-3-2-4-7-17/h2-4,6-7,18-20H,5,8-15H2,1H3,(H,23,26)(H,24,28)/t18?,19?,20-/m1/s1. The fourth-order valence-corrected chi connectivity index (χ4v) is 4.34. The molecule has 1 saturated heterocycles. The third kappa shape index (κ3) is 5.57. The molecule has 2 aliphatic rings. The third-order valence-corrected chi connectivity index (χ3v) is 5.83. The molecule has 1 aromatic rings. The molecule has 1 heterocycles. The molecule has 3 amide bonds. The lowest BCUT2D eigenvalue weighted by atomic mass is 9.91. The van der Waals surface area contributed by atoms with Gasteiger partial charge in [-0.1, -0.05) is 30.3 Å². The number of carbonyl (C=O) groups is 3. The highest BCUT2D eigenvalue weighted by molar-refractivity contribution is 5.88. The lowest BCUT2D eigenvalue weighted by molar-refractivity contribution is -0.138. The van der Waals surface area contributed by atoms with Crippen LogP contribution in [0.15, 0.2) is 30.3 Å². The zero-order valence-corrected chi connectivity index (χ0v) is 16.7. The van der Waals surface area contributed by atoms with E-state index in [1.807, 2.05) is 30.3 Å². The van der Waals surface area contributed by atoms with Gasteiger partial charge in [-0.25, -0.2) is 0 Å². The van der Waals surface area contributed by atoms with Crippen molar-refractivity contribution in [1.29, 1.82) is 0 Å². The zero-order valence-electron chi connectivity index (χ0n) is 16.7. The first-order chi connectivity index (χ1) is 13.5. The van der Waals surface area contributed by atoms with Crippen LogP contribution in [0.2, 0.25) is 0 Å². The second kappa shape index (κ2) is 9.71. The highest BCUT2D eigenvalue weighted by Crippen LogP contribution is 2.22. The molecule has 1 atom stereocenters. The van der Waals surface area contributed by atoms with Gasteiger partial charge in [0.25, 0.3) is 0 Å². The molecular formula is C22H31N3O3. The van der Waals surface area contributed by atoms with Gasteiger partial charge in [0, 0.05) is 32.0 Å². The van der Waals surface area contributed by atoms with E-state index in [1.165, 1.54) is 6.92 Å². The van der Waals surface area contributed by atoms with Gasteiger partial charge in [0.2, 0.25) is 17.7 Å². The van der Waals surface area contributed by atoms with E-state index in [-0.39, 0.29) is 35.8 Å². The summed E-state index contributed by atoms with van der Waals surface area (Å²) in [5.74, 6) is 0.0486. The summed E-state index contributed by atoms with van der Waals surface area (Å²) in [7, 11) is 0.